The summed E-state index contributed by atoms with van der Waals surface area (Å²) in [6, 6.07) is 7.89. The molecule has 0 aliphatic heterocycles. The minimum absolute atomic E-state index is 0.105. The maximum atomic E-state index is 12.0. The van der Waals surface area contributed by atoms with Crippen LogP contribution in [0.3, 0.4) is 0 Å². The van der Waals surface area contributed by atoms with Crippen LogP contribution in [0.15, 0.2) is 30.5 Å². The van der Waals surface area contributed by atoms with E-state index in [9.17, 15) is 4.79 Å². The Kier molecular flexibility index (Phi) is 3.09. The van der Waals surface area contributed by atoms with Crippen molar-refractivity contribution in [2.45, 2.75) is 20.3 Å². The van der Waals surface area contributed by atoms with Gasteiger partial charge in [-0.05, 0) is 36.6 Å². The van der Waals surface area contributed by atoms with E-state index >= 15 is 0 Å². The zero-order valence-electron chi connectivity index (χ0n) is 10.4. The summed E-state index contributed by atoms with van der Waals surface area (Å²) in [6.07, 6.45) is 2.08. The average molecular weight is 228 g/mol. The van der Waals surface area contributed by atoms with E-state index in [0.717, 1.165) is 5.56 Å². The fourth-order valence-electron chi connectivity index (χ4n) is 1.84. The van der Waals surface area contributed by atoms with Gasteiger partial charge in [-0.3, -0.25) is 9.48 Å². The third kappa shape index (κ3) is 2.44. The number of rotatable bonds is 3. The van der Waals surface area contributed by atoms with Crippen molar-refractivity contribution in [3.63, 3.8) is 0 Å². The van der Waals surface area contributed by atoms with Gasteiger partial charge in [0.2, 0.25) is 0 Å². The molecule has 3 heteroatoms. The smallest absolute Gasteiger partial charge is 0.185 e. The second-order valence-corrected chi connectivity index (χ2v) is 4.36. The van der Waals surface area contributed by atoms with Crippen LogP contribution in [0.25, 0.3) is 0 Å². The third-order valence-electron chi connectivity index (χ3n) is 3.04. The van der Waals surface area contributed by atoms with Gasteiger partial charge in [0.1, 0.15) is 5.69 Å². The zero-order chi connectivity index (χ0) is 12.4. The van der Waals surface area contributed by atoms with E-state index in [1.54, 1.807) is 24.0 Å². The van der Waals surface area contributed by atoms with Gasteiger partial charge in [0.15, 0.2) is 5.78 Å². The highest BCUT2D eigenvalue weighted by Gasteiger charge is 2.10. The lowest BCUT2D eigenvalue weighted by Gasteiger charge is -2.05. The van der Waals surface area contributed by atoms with E-state index in [-0.39, 0.29) is 5.78 Å². The highest BCUT2D eigenvalue weighted by Crippen LogP contribution is 2.12. The van der Waals surface area contributed by atoms with Gasteiger partial charge in [-0.25, -0.2) is 0 Å². The molecule has 0 amide bonds. The molecule has 1 heterocycles. The summed E-state index contributed by atoms with van der Waals surface area (Å²) in [5, 5.41) is 4.01. The Hall–Kier alpha value is -1.90. The predicted octanol–water partition coefficient (Wildman–Crippen LogP) is 2.46. The minimum atomic E-state index is 0.105. The Morgan fingerprint density at radius 1 is 1.24 bits per heavy atom. The molecule has 1 aromatic heterocycles. The highest BCUT2D eigenvalue weighted by molar-refractivity contribution is 5.95. The van der Waals surface area contributed by atoms with Crippen LogP contribution in [0.4, 0.5) is 0 Å². The average Bonchev–Trinajstić information content (AvgIpc) is 2.70. The van der Waals surface area contributed by atoms with Gasteiger partial charge in [-0.15, -0.1) is 0 Å². The van der Waals surface area contributed by atoms with Gasteiger partial charge in [0, 0.05) is 19.7 Å². The molecule has 0 saturated heterocycles. The number of benzene rings is 1. The van der Waals surface area contributed by atoms with Crippen LogP contribution in [0.5, 0.6) is 0 Å². The number of hydrogen-bond donors (Lipinski definition) is 0. The van der Waals surface area contributed by atoms with Gasteiger partial charge >= 0.3 is 0 Å². The van der Waals surface area contributed by atoms with Crippen molar-refractivity contribution in [3.05, 3.63) is 52.8 Å². The van der Waals surface area contributed by atoms with Crippen molar-refractivity contribution in [2.75, 3.05) is 0 Å². The van der Waals surface area contributed by atoms with Crippen LogP contribution >= 0.6 is 0 Å². The van der Waals surface area contributed by atoms with E-state index in [1.165, 1.54) is 11.1 Å². The van der Waals surface area contributed by atoms with E-state index in [0.29, 0.717) is 12.1 Å². The number of aryl methyl sites for hydroxylation is 3. The summed E-state index contributed by atoms with van der Waals surface area (Å²) in [6.45, 7) is 4.13. The minimum Gasteiger partial charge on any atom is -0.292 e. The molecular weight excluding hydrogens is 212 g/mol. The van der Waals surface area contributed by atoms with Crippen LogP contribution in [0.1, 0.15) is 27.2 Å². The Bertz CT molecular complexity index is 555. The topological polar surface area (TPSA) is 34.9 Å². The van der Waals surface area contributed by atoms with Crippen molar-refractivity contribution in [2.24, 2.45) is 7.05 Å². The van der Waals surface area contributed by atoms with Gasteiger partial charge in [-0.2, -0.15) is 5.10 Å². The third-order valence-corrected chi connectivity index (χ3v) is 3.04. The number of carbonyl (C=O) groups excluding carboxylic acids is 1. The Morgan fingerprint density at radius 3 is 2.59 bits per heavy atom. The first kappa shape index (κ1) is 11.6. The summed E-state index contributed by atoms with van der Waals surface area (Å²) >= 11 is 0. The van der Waals surface area contributed by atoms with E-state index in [2.05, 4.69) is 31.1 Å². The summed E-state index contributed by atoms with van der Waals surface area (Å²) in [4.78, 5) is 12.0. The Balaban J connectivity index is 2.19. The van der Waals surface area contributed by atoms with Gasteiger partial charge < -0.3 is 0 Å². The highest BCUT2D eigenvalue weighted by atomic mass is 16.1. The molecule has 88 valence electrons. The number of Topliss-reactive ketones (excluding diaryl/α,β-unsaturated/α-hetero) is 1. The molecule has 0 aliphatic carbocycles. The van der Waals surface area contributed by atoms with Gasteiger partial charge in [0.25, 0.3) is 0 Å². The quantitative estimate of drug-likeness (QED) is 0.756. The monoisotopic (exact) mass is 228 g/mol. The summed E-state index contributed by atoms with van der Waals surface area (Å²) in [5.41, 5.74) is 4.18. The second kappa shape index (κ2) is 4.53. The molecule has 0 aliphatic rings. The van der Waals surface area contributed by atoms with Crippen LogP contribution < -0.4 is 0 Å². The van der Waals surface area contributed by atoms with E-state index in [1.807, 2.05) is 6.07 Å². The summed E-state index contributed by atoms with van der Waals surface area (Å²) in [5.74, 6) is 0.105. The first-order chi connectivity index (χ1) is 8.08. The van der Waals surface area contributed by atoms with E-state index in [4.69, 9.17) is 0 Å². The van der Waals surface area contributed by atoms with Crippen molar-refractivity contribution in [3.8, 4) is 0 Å². The molecule has 0 bridgehead atoms. The summed E-state index contributed by atoms with van der Waals surface area (Å²) in [7, 11) is 1.79. The molecule has 0 unspecified atom stereocenters. The molecule has 17 heavy (non-hydrogen) atoms. The zero-order valence-corrected chi connectivity index (χ0v) is 10.4. The summed E-state index contributed by atoms with van der Waals surface area (Å²) < 4.78 is 1.61. The molecule has 0 radical (unpaired) electrons. The number of hydrogen-bond acceptors (Lipinski definition) is 2. The molecule has 0 fully saturated rings. The second-order valence-electron chi connectivity index (χ2n) is 4.36. The van der Waals surface area contributed by atoms with Gasteiger partial charge in [0.05, 0.1) is 0 Å². The number of aromatic nitrogens is 2. The van der Waals surface area contributed by atoms with Crippen LogP contribution in [-0.2, 0) is 13.5 Å². The van der Waals surface area contributed by atoms with Crippen molar-refractivity contribution >= 4 is 5.78 Å². The SMILES string of the molecule is Cc1ccc(CC(=O)c2ccnn2C)cc1C. The number of carbonyl (C=O) groups is 1. The molecule has 0 spiro atoms. The fourth-order valence-corrected chi connectivity index (χ4v) is 1.84. The van der Waals surface area contributed by atoms with Crippen molar-refractivity contribution in [1.82, 2.24) is 9.78 Å². The van der Waals surface area contributed by atoms with Crippen molar-refractivity contribution in [1.29, 1.82) is 0 Å². The van der Waals surface area contributed by atoms with E-state index < -0.39 is 0 Å². The molecule has 0 saturated carbocycles. The predicted molar refractivity (Wildman–Crippen MR) is 67.2 cm³/mol. The van der Waals surface area contributed by atoms with Crippen molar-refractivity contribution < 1.29 is 4.79 Å². The number of ketones is 1. The molecule has 2 aromatic rings. The lowest BCUT2D eigenvalue weighted by molar-refractivity contribution is 0.0984. The van der Waals surface area contributed by atoms with Crippen LogP contribution in [-0.4, -0.2) is 15.6 Å². The Labute approximate surface area is 101 Å². The Morgan fingerprint density at radius 2 is 2.00 bits per heavy atom. The largest absolute Gasteiger partial charge is 0.292 e. The molecule has 2 rings (SSSR count). The molecular formula is C14H16N2O. The first-order valence-corrected chi connectivity index (χ1v) is 5.65. The normalized spacial score (nSPS) is 10.5. The maximum absolute atomic E-state index is 12.0. The van der Waals surface area contributed by atoms with Crippen LogP contribution in [0.2, 0.25) is 0 Å². The lowest BCUT2D eigenvalue weighted by atomic mass is 10.0. The molecule has 3 nitrogen and oxygen atoms in total. The standard InChI is InChI=1S/C14H16N2O/c1-10-4-5-12(8-11(10)2)9-14(17)13-6-7-15-16(13)3/h4-8H,9H2,1-3H3. The molecule has 0 atom stereocenters. The number of nitrogens with zero attached hydrogens (tertiary/aromatic N) is 2. The fraction of sp³-hybridized carbons (Fsp3) is 0.286. The maximum Gasteiger partial charge on any atom is 0.185 e. The van der Waals surface area contributed by atoms with Crippen LogP contribution in [0, 0.1) is 13.8 Å². The molecule has 0 N–H and O–H groups in total. The molecule has 1 aromatic carbocycles. The first-order valence-electron chi connectivity index (χ1n) is 5.65. The van der Waals surface area contributed by atoms with Gasteiger partial charge in [-0.1, -0.05) is 18.2 Å². The lowest BCUT2D eigenvalue weighted by Crippen LogP contribution is -2.09.